The van der Waals surface area contributed by atoms with Crippen LogP contribution >= 0.6 is 0 Å². The van der Waals surface area contributed by atoms with E-state index in [1.165, 1.54) is 24.3 Å². The standard InChI is InChI=1S/C31H35N7O5/c32-24-7-9-25(10-8-24)34-30(40)22-6-13-28(27(19-22)35-29(39)21-4-11-26(12-5-21)38(42)43)36-15-2-16-37(18-17-36)31(41)23-3-1-14-33-20-23/h1,3-6,11-14,19-20,24-25H,2,7-10,15-18,32H2,(H,34,40)(H,35,39). The number of aromatic nitrogens is 1. The third-order valence-corrected chi connectivity index (χ3v) is 7.99. The van der Waals surface area contributed by atoms with Gasteiger partial charge in [0.25, 0.3) is 23.4 Å². The number of non-ortho nitro benzene ring substituents is 1. The number of amides is 3. The summed E-state index contributed by atoms with van der Waals surface area (Å²) in [6, 6.07) is 14.2. The van der Waals surface area contributed by atoms with Crippen LogP contribution in [0.1, 0.15) is 63.2 Å². The molecule has 1 saturated carbocycles. The summed E-state index contributed by atoms with van der Waals surface area (Å²) in [5.41, 5.74) is 8.23. The summed E-state index contributed by atoms with van der Waals surface area (Å²) in [4.78, 5) is 58.0. The summed E-state index contributed by atoms with van der Waals surface area (Å²) in [5.74, 6) is -0.780. The van der Waals surface area contributed by atoms with Crippen LogP contribution in [0.25, 0.3) is 0 Å². The minimum absolute atomic E-state index is 0.0408. The summed E-state index contributed by atoms with van der Waals surface area (Å²) in [7, 11) is 0. The molecule has 0 bridgehead atoms. The van der Waals surface area contributed by atoms with Crippen LogP contribution in [0.15, 0.2) is 67.0 Å². The van der Waals surface area contributed by atoms with Gasteiger partial charge in [-0.1, -0.05) is 0 Å². The molecule has 2 fully saturated rings. The minimum atomic E-state index is -0.524. The van der Waals surface area contributed by atoms with Gasteiger partial charge in [0, 0.05) is 73.9 Å². The van der Waals surface area contributed by atoms with E-state index in [4.69, 9.17) is 5.73 Å². The Kier molecular flexibility index (Phi) is 9.26. The average molecular weight is 586 g/mol. The molecular weight excluding hydrogens is 550 g/mol. The van der Waals surface area contributed by atoms with E-state index in [0.717, 1.165) is 25.7 Å². The lowest BCUT2D eigenvalue weighted by molar-refractivity contribution is -0.384. The number of anilines is 2. The maximum atomic E-state index is 13.3. The number of hydrogen-bond acceptors (Lipinski definition) is 8. The van der Waals surface area contributed by atoms with E-state index in [0.29, 0.717) is 55.1 Å². The van der Waals surface area contributed by atoms with E-state index in [1.807, 2.05) is 6.07 Å². The summed E-state index contributed by atoms with van der Waals surface area (Å²) >= 11 is 0. The number of hydrogen-bond donors (Lipinski definition) is 3. The average Bonchev–Trinajstić information content (AvgIpc) is 3.28. The second-order valence-electron chi connectivity index (χ2n) is 10.9. The summed E-state index contributed by atoms with van der Waals surface area (Å²) < 4.78 is 0. The van der Waals surface area contributed by atoms with Crippen LogP contribution in [0.2, 0.25) is 0 Å². The van der Waals surface area contributed by atoms with Gasteiger partial charge in [0.2, 0.25) is 0 Å². The smallest absolute Gasteiger partial charge is 0.269 e. The van der Waals surface area contributed by atoms with Crippen molar-refractivity contribution in [2.45, 2.75) is 44.2 Å². The summed E-state index contributed by atoms with van der Waals surface area (Å²) in [6.45, 7) is 2.18. The number of carbonyl (C=O) groups excluding carboxylic acids is 3. The van der Waals surface area contributed by atoms with E-state index in [2.05, 4.69) is 20.5 Å². The van der Waals surface area contributed by atoms with Gasteiger partial charge >= 0.3 is 0 Å². The fourth-order valence-corrected chi connectivity index (χ4v) is 5.55. The predicted molar refractivity (Wildman–Crippen MR) is 162 cm³/mol. The van der Waals surface area contributed by atoms with Crippen LogP contribution in [0.5, 0.6) is 0 Å². The highest BCUT2D eigenvalue weighted by atomic mass is 16.6. The molecule has 0 radical (unpaired) electrons. The SMILES string of the molecule is NC1CCC(NC(=O)c2ccc(N3CCCN(C(=O)c4cccnc4)CC3)c(NC(=O)c3ccc([N+](=O)[O-])cc3)c2)CC1. The molecule has 2 aliphatic rings. The maximum Gasteiger partial charge on any atom is 0.269 e. The molecule has 224 valence electrons. The van der Waals surface area contributed by atoms with Crippen LogP contribution in [0.3, 0.4) is 0 Å². The van der Waals surface area contributed by atoms with Crippen molar-refractivity contribution < 1.29 is 19.3 Å². The van der Waals surface area contributed by atoms with Gasteiger partial charge < -0.3 is 26.2 Å². The molecule has 1 saturated heterocycles. The number of nitrogens with zero attached hydrogens (tertiary/aromatic N) is 4. The molecule has 43 heavy (non-hydrogen) atoms. The third-order valence-electron chi connectivity index (χ3n) is 7.99. The lowest BCUT2D eigenvalue weighted by Crippen LogP contribution is -2.40. The highest BCUT2D eigenvalue weighted by molar-refractivity contribution is 6.07. The van der Waals surface area contributed by atoms with Gasteiger partial charge in [-0.2, -0.15) is 0 Å². The van der Waals surface area contributed by atoms with E-state index < -0.39 is 10.8 Å². The van der Waals surface area contributed by atoms with Crippen molar-refractivity contribution in [1.29, 1.82) is 0 Å². The van der Waals surface area contributed by atoms with Gasteiger partial charge in [0.05, 0.1) is 21.9 Å². The first-order valence-corrected chi connectivity index (χ1v) is 14.5. The zero-order valence-corrected chi connectivity index (χ0v) is 23.8. The number of carbonyl (C=O) groups is 3. The Hall–Kier alpha value is -4.84. The molecule has 1 aliphatic heterocycles. The molecule has 4 N–H and O–H groups in total. The van der Waals surface area contributed by atoms with E-state index in [-0.39, 0.29) is 35.1 Å². The molecule has 3 aromatic rings. The van der Waals surface area contributed by atoms with Crippen LogP contribution in [0, 0.1) is 10.1 Å². The lowest BCUT2D eigenvalue weighted by atomic mass is 9.91. The van der Waals surface area contributed by atoms with Gasteiger partial charge in [0.1, 0.15) is 0 Å². The highest BCUT2D eigenvalue weighted by Crippen LogP contribution is 2.30. The van der Waals surface area contributed by atoms with Crippen molar-refractivity contribution in [2.24, 2.45) is 5.73 Å². The Labute approximate surface area is 249 Å². The second-order valence-corrected chi connectivity index (χ2v) is 10.9. The van der Waals surface area contributed by atoms with E-state index >= 15 is 0 Å². The quantitative estimate of drug-likeness (QED) is 0.280. The van der Waals surface area contributed by atoms with Crippen LogP contribution in [-0.2, 0) is 0 Å². The molecular formula is C31H35N7O5. The van der Waals surface area contributed by atoms with E-state index in [9.17, 15) is 24.5 Å². The molecule has 2 heterocycles. The van der Waals surface area contributed by atoms with Crippen molar-refractivity contribution in [3.8, 4) is 0 Å². The molecule has 2 aromatic carbocycles. The lowest BCUT2D eigenvalue weighted by Gasteiger charge is -2.28. The van der Waals surface area contributed by atoms with Gasteiger partial charge in [-0.15, -0.1) is 0 Å². The second kappa shape index (κ2) is 13.4. The highest BCUT2D eigenvalue weighted by Gasteiger charge is 2.25. The molecule has 3 amide bonds. The topological polar surface area (TPSA) is 164 Å². The number of benzene rings is 2. The number of nitro benzene ring substituents is 1. The number of nitrogens with two attached hydrogens (primary N) is 1. The fraction of sp³-hybridized carbons (Fsp3) is 0.355. The zero-order chi connectivity index (χ0) is 30.3. The van der Waals surface area contributed by atoms with Gasteiger partial charge in [-0.25, -0.2) is 0 Å². The molecule has 0 spiro atoms. The Morgan fingerprint density at radius 2 is 1.63 bits per heavy atom. The number of nitrogens with one attached hydrogen (secondary N) is 2. The van der Waals surface area contributed by atoms with Crippen LogP contribution in [-0.4, -0.2) is 70.8 Å². The number of pyridine rings is 1. The number of nitro groups is 1. The molecule has 5 rings (SSSR count). The molecule has 0 atom stereocenters. The van der Waals surface area contributed by atoms with Crippen molar-refractivity contribution in [3.05, 3.63) is 93.8 Å². The Morgan fingerprint density at radius 3 is 2.33 bits per heavy atom. The first kappa shape index (κ1) is 29.6. The Balaban J connectivity index is 1.37. The van der Waals surface area contributed by atoms with Crippen molar-refractivity contribution in [3.63, 3.8) is 0 Å². The summed E-state index contributed by atoms with van der Waals surface area (Å²) in [5, 5.41) is 17.1. The maximum absolute atomic E-state index is 13.3. The monoisotopic (exact) mass is 585 g/mol. The normalized spacial score (nSPS) is 18.8. The molecule has 12 heteroatoms. The van der Waals surface area contributed by atoms with Crippen LogP contribution in [0.4, 0.5) is 17.1 Å². The molecule has 0 unspecified atom stereocenters. The summed E-state index contributed by atoms with van der Waals surface area (Å²) in [6.07, 6.45) is 7.23. The van der Waals surface area contributed by atoms with Crippen LogP contribution < -0.4 is 21.3 Å². The van der Waals surface area contributed by atoms with Crippen molar-refractivity contribution in [1.82, 2.24) is 15.2 Å². The molecule has 1 aromatic heterocycles. The van der Waals surface area contributed by atoms with Gasteiger partial charge in [-0.3, -0.25) is 29.5 Å². The first-order valence-electron chi connectivity index (χ1n) is 14.5. The third kappa shape index (κ3) is 7.33. The molecule has 12 nitrogen and oxygen atoms in total. The minimum Gasteiger partial charge on any atom is -0.368 e. The van der Waals surface area contributed by atoms with Gasteiger partial charge in [0.15, 0.2) is 0 Å². The predicted octanol–water partition coefficient (Wildman–Crippen LogP) is 3.59. The van der Waals surface area contributed by atoms with Gasteiger partial charge in [-0.05, 0) is 74.6 Å². The zero-order valence-electron chi connectivity index (χ0n) is 23.8. The first-order chi connectivity index (χ1) is 20.8. The number of rotatable bonds is 7. The van der Waals surface area contributed by atoms with Crippen molar-refractivity contribution in [2.75, 3.05) is 36.4 Å². The largest absolute Gasteiger partial charge is 0.368 e. The fourth-order valence-electron chi connectivity index (χ4n) is 5.55. The van der Waals surface area contributed by atoms with Crippen molar-refractivity contribution >= 4 is 34.8 Å². The van der Waals surface area contributed by atoms with E-state index in [1.54, 1.807) is 41.6 Å². The Bertz CT molecular complexity index is 1470. The molecule has 1 aliphatic carbocycles. The Morgan fingerprint density at radius 1 is 0.884 bits per heavy atom.